The molecule has 2 heterocycles. The molecular weight excluding hydrogens is 256 g/mol. The van der Waals surface area contributed by atoms with E-state index in [-0.39, 0.29) is 5.75 Å². The number of thiophene rings is 1. The molecule has 0 aliphatic heterocycles. The Hall–Kier alpha value is -0.690. The van der Waals surface area contributed by atoms with E-state index < -0.39 is 10.0 Å². The van der Waals surface area contributed by atoms with Crippen molar-refractivity contribution in [3.8, 4) is 0 Å². The first-order valence-electron chi connectivity index (χ1n) is 3.99. The van der Waals surface area contributed by atoms with E-state index in [1.807, 2.05) is 6.07 Å². The molecule has 0 aliphatic carbocycles. The Labute approximate surface area is 95.7 Å². The Morgan fingerprint density at radius 3 is 2.87 bits per heavy atom. The highest BCUT2D eigenvalue weighted by Gasteiger charge is 2.09. The van der Waals surface area contributed by atoms with Gasteiger partial charge < -0.3 is 0 Å². The zero-order chi connectivity index (χ0) is 11.1. The Morgan fingerprint density at radius 2 is 2.20 bits per heavy atom. The third kappa shape index (κ3) is 2.66. The lowest BCUT2D eigenvalue weighted by Gasteiger charge is -1.91. The van der Waals surface area contributed by atoms with Crippen molar-refractivity contribution < 1.29 is 8.42 Å². The summed E-state index contributed by atoms with van der Waals surface area (Å²) in [6.45, 7) is 0. The van der Waals surface area contributed by atoms with E-state index in [4.69, 9.17) is 16.7 Å². The minimum absolute atomic E-state index is 0.161. The fraction of sp³-hybridized carbons (Fsp3) is 0.125. The van der Waals surface area contributed by atoms with Gasteiger partial charge in [-0.1, -0.05) is 11.6 Å². The number of nitrogens with zero attached hydrogens (tertiary/aromatic N) is 1. The number of hydrogen-bond acceptors (Lipinski definition) is 4. The van der Waals surface area contributed by atoms with Gasteiger partial charge in [0, 0.05) is 4.88 Å². The average molecular weight is 263 g/mol. The lowest BCUT2D eigenvalue weighted by molar-refractivity contribution is 0.597. The Balaban J connectivity index is 2.48. The van der Waals surface area contributed by atoms with Gasteiger partial charge in [-0.2, -0.15) is 0 Å². The Morgan fingerprint density at radius 1 is 1.47 bits per heavy atom. The van der Waals surface area contributed by atoms with Crippen molar-refractivity contribution in [2.24, 2.45) is 5.14 Å². The summed E-state index contributed by atoms with van der Waals surface area (Å²) in [5.74, 6) is -0.161. The van der Waals surface area contributed by atoms with Crippen LogP contribution in [0.2, 0.25) is 5.15 Å². The van der Waals surface area contributed by atoms with Gasteiger partial charge in [0.15, 0.2) is 0 Å². The number of halogens is 1. The standard InChI is InChI=1S/C8H7ClN2O2S2/c9-8-2-1-7-6(11-8)3-5(14-7)4-15(10,12)13/h1-3H,4H2,(H2,10,12,13). The number of pyridine rings is 1. The molecule has 2 N–H and O–H groups in total. The van der Waals surface area contributed by atoms with Gasteiger partial charge in [0.2, 0.25) is 10.0 Å². The maximum Gasteiger partial charge on any atom is 0.214 e. The lowest BCUT2D eigenvalue weighted by atomic mass is 10.4. The van der Waals surface area contributed by atoms with Crippen LogP contribution in [0.1, 0.15) is 4.88 Å². The van der Waals surface area contributed by atoms with Crippen LogP contribution in [0.25, 0.3) is 10.2 Å². The second-order valence-corrected chi connectivity index (χ2v) is 6.21. The highest BCUT2D eigenvalue weighted by atomic mass is 35.5. The summed E-state index contributed by atoms with van der Waals surface area (Å²) in [7, 11) is -3.49. The fourth-order valence-electron chi connectivity index (χ4n) is 1.22. The number of fused-ring (bicyclic) bond motifs is 1. The molecule has 0 atom stereocenters. The van der Waals surface area contributed by atoms with Crippen LogP contribution in [-0.2, 0) is 15.8 Å². The number of nitrogens with two attached hydrogens (primary N) is 1. The monoisotopic (exact) mass is 262 g/mol. The maximum atomic E-state index is 10.9. The topological polar surface area (TPSA) is 73.1 Å². The van der Waals surface area contributed by atoms with Crippen molar-refractivity contribution in [1.29, 1.82) is 0 Å². The molecule has 2 aromatic rings. The smallest absolute Gasteiger partial charge is 0.214 e. The van der Waals surface area contributed by atoms with E-state index in [9.17, 15) is 8.42 Å². The molecule has 0 aromatic carbocycles. The van der Waals surface area contributed by atoms with Crippen molar-refractivity contribution in [2.75, 3.05) is 0 Å². The Bertz CT molecular complexity index is 606. The van der Waals surface area contributed by atoms with Crippen LogP contribution >= 0.6 is 22.9 Å². The molecule has 0 spiro atoms. The number of primary sulfonamides is 1. The predicted octanol–water partition coefficient (Wildman–Crippen LogP) is 1.74. The minimum atomic E-state index is -3.49. The highest BCUT2D eigenvalue weighted by Crippen LogP contribution is 2.26. The molecule has 0 saturated heterocycles. The third-order valence-electron chi connectivity index (χ3n) is 1.73. The summed E-state index contributed by atoms with van der Waals surface area (Å²) in [5, 5.41) is 5.34. The molecule has 2 aromatic heterocycles. The zero-order valence-corrected chi connectivity index (χ0v) is 9.86. The number of rotatable bonds is 2. The van der Waals surface area contributed by atoms with Crippen LogP contribution in [0.4, 0.5) is 0 Å². The van der Waals surface area contributed by atoms with Crippen LogP contribution in [0.3, 0.4) is 0 Å². The molecule has 15 heavy (non-hydrogen) atoms. The molecule has 7 heteroatoms. The summed E-state index contributed by atoms with van der Waals surface area (Å²) < 4.78 is 22.7. The Kier molecular flexibility index (Phi) is 2.68. The summed E-state index contributed by atoms with van der Waals surface area (Å²) in [5.41, 5.74) is 0.700. The van der Waals surface area contributed by atoms with Crippen LogP contribution in [-0.4, -0.2) is 13.4 Å². The fourth-order valence-corrected chi connectivity index (χ4v) is 3.38. The normalized spacial score (nSPS) is 12.1. The van der Waals surface area contributed by atoms with Crippen LogP contribution in [0.5, 0.6) is 0 Å². The number of sulfonamides is 1. The second-order valence-electron chi connectivity index (χ2n) is 3.04. The van der Waals surface area contributed by atoms with Gasteiger partial charge in [0.1, 0.15) is 5.15 Å². The molecule has 0 amide bonds. The first-order chi connectivity index (χ1) is 6.94. The van der Waals surface area contributed by atoms with Crippen molar-refractivity contribution in [3.63, 3.8) is 0 Å². The largest absolute Gasteiger partial charge is 0.235 e. The summed E-state index contributed by atoms with van der Waals surface area (Å²) in [4.78, 5) is 4.74. The van der Waals surface area contributed by atoms with Gasteiger partial charge in [-0.25, -0.2) is 18.5 Å². The quantitative estimate of drug-likeness (QED) is 0.838. The first-order valence-corrected chi connectivity index (χ1v) is 6.90. The van der Waals surface area contributed by atoms with Gasteiger partial charge in [-0.05, 0) is 18.2 Å². The van der Waals surface area contributed by atoms with Crippen LogP contribution in [0.15, 0.2) is 18.2 Å². The molecule has 0 fully saturated rings. The van der Waals surface area contributed by atoms with Gasteiger partial charge in [-0.3, -0.25) is 0 Å². The van der Waals surface area contributed by atoms with Gasteiger partial charge >= 0.3 is 0 Å². The van der Waals surface area contributed by atoms with E-state index in [1.54, 1.807) is 12.1 Å². The van der Waals surface area contributed by atoms with Gasteiger partial charge in [0.05, 0.1) is 16.0 Å². The lowest BCUT2D eigenvalue weighted by Crippen LogP contribution is -2.13. The molecule has 4 nitrogen and oxygen atoms in total. The summed E-state index contributed by atoms with van der Waals surface area (Å²) in [6, 6.07) is 5.17. The average Bonchev–Trinajstić information content (AvgIpc) is 2.42. The number of hydrogen-bond donors (Lipinski definition) is 1. The molecule has 0 radical (unpaired) electrons. The molecule has 80 valence electrons. The van der Waals surface area contributed by atoms with Crippen molar-refractivity contribution in [2.45, 2.75) is 5.75 Å². The molecule has 0 aliphatic rings. The van der Waals surface area contributed by atoms with Crippen molar-refractivity contribution in [1.82, 2.24) is 4.98 Å². The second kappa shape index (κ2) is 3.71. The maximum absolute atomic E-state index is 10.9. The number of aromatic nitrogens is 1. The van der Waals surface area contributed by atoms with Crippen LogP contribution < -0.4 is 5.14 Å². The highest BCUT2D eigenvalue weighted by molar-refractivity contribution is 7.88. The van der Waals surface area contributed by atoms with Gasteiger partial charge in [-0.15, -0.1) is 11.3 Å². The first kappa shape index (κ1) is 10.8. The summed E-state index contributed by atoms with van der Waals surface area (Å²) in [6.07, 6.45) is 0. The van der Waals surface area contributed by atoms with Gasteiger partial charge in [0.25, 0.3) is 0 Å². The van der Waals surface area contributed by atoms with E-state index in [2.05, 4.69) is 4.98 Å². The van der Waals surface area contributed by atoms with Crippen molar-refractivity contribution >= 4 is 43.2 Å². The van der Waals surface area contributed by atoms with E-state index in [0.717, 1.165) is 4.70 Å². The minimum Gasteiger partial charge on any atom is -0.235 e. The molecule has 0 bridgehead atoms. The molecule has 0 saturated carbocycles. The third-order valence-corrected chi connectivity index (χ3v) is 3.93. The van der Waals surface area contributed by atoms with Crippen LogP contribution in [0, 0.1) is 0 Å². The molecular formula is C8H7ClN2O2S2. The summed E-state index contributed by atoms with van der Waals surface area (Å²) >= 11 is 7.06. The molecule has 0 unspecified atom stereocenters. The van der Waals surface area contributed by atoms with E-state index in [1.165, 1.54) is 11.3 Å². The van der Waals surface area contributed by atoms with Crippen molar-refractivity contribution in [3.05, 3.63) is 28.2 Å². The van der Waals surface area contributed by atoms with E-state index >= 15 is 0 Å². The molecule has 2 rings (SSSR count). The SMILES string of the molecule is NS(=O)(=O)Cc1cc2nc(Cl)ccc2s1. The van der Waals surface area contributed by atoms with E-state index in [0.29, 0.717) is 15.5 Å². The predicted molar refractivity (Wildman–Crippen MR) is 61.4 cm³/mol. The zero-order valence-electron chi connectivity index (χ0n) is 7.47.